The van der Waals surface area contributed by atoms with E-state index >= 15 is 4.39 Å². The number of aromatic nitrogens is 2. The molecule has 0 radical (unpaired) electrons. The molecule has 0 spiro atoms. The topological polar surface area (TPSA) is 56.1 Å². The molecule has 1 aliphatic rings. The van der Waals surface area contributed by atoms with Crippen LogP contribution in [0, 0.1) is 17.2 Å². The Balaban J connectivity index is 1.80. The number of fused-ring (bicyclic) bond motifs is 1. The average molecular weight is 466 g/mol. The molecule has 3 aromatic rings. The zero-order valence-corrected chi connectivity index (χ0v) is 21.1. The van der Waals surface area contributed by atoms with Gasteiger partial charge in [-0.15, -0.1) is 0 Å². The Morgan fingerprint density at radius 3 is 2.56 bits per heavy atom. The number of carbonyl (C=O) groups is 1. The number of hydrogen-bond donors (Lipinski definition) is 1. The van der Waals surface area contributed by atoms with Crippen LogP contribution in [0.5, 0.6) is 0 Å². The van der Waals surface area contributed by atoms with Crippen molar-refractivity contribution in [2.75, 3.05) is 12.4 Å². The summed E-state index contributed by atoms with van der Waals surface area (Å²) in [5.41, 5.74) is 4.14. The first-order valence-electron chi connectivity index (χ1n) is 12.2. The van der Waals surface area contributed by atoms with Crippen LogP contribution in [0.3, 0.4) is 0 Å². The van der Waals surface area contributed by atoms with Crippen molar-refractivity contribution in [3.05, 3.63) is 53.3 Å². The summed E-state index contributed by atoms with van der Waals surface area (Å²) in [4.78, 5) is 16.7. The predicted octanol–water partition coefficient (Wildman–Crippen LogP) is 7.15. The van der Waals surface area contributed by atoms with Crippen LogP contribution in [-0.4, -0.2) is 22.6 Å². The number of benzene rings is 2. The highest BCUT2D eigenvalue weighted by atomic mass is 19.1. The first-order chi connectivity index (χ1) is 16.1. The maximum Gasteiger partial charge on any atom is 0.310 e. The van der Waals surface area contributed by atoms with E-state index in [0.717, 1.165) is 24.0 Å². The lowest BCUT2D eigenvalue weighted by atomic mass is 9.70. The molecule has 1 N–H and O–H groups in total. The lowest BCUT2D eigenvalue weighted by Gasteiger charge is -2.40. The highest BCUT2D eigenvalue weighted by molar-refractivity contribution is 5.82. The molecule has 0 bridgehead atoms. The Kier molecular flexibility index (Phi) is 6.70. The van der Waals surface area contributed by atoms with Gasteiger partial charge in [0.25, 0.3) is 0 Å². The fourth-order valence-electron chi connectivity index (χ4n) is 5.55. The quantitative estimate of drug-likeness (QED) is 0.393. The van der Waals surface area contributed by atoms with E-state index in [4.69, 9.17) is 9.72 Å². The Bertz CT molecular complexity index is 1180. The number of carbonyl (C=O) groups excluding carboxylic acids is 1. The molecule has 182 valence electrons. The van der Waals surface area contributed by atoms with Crippen LogP contribution < -0.4 is 5.32 Å². The van der Waals surface area contributed by atoms with E-state index in [-0.39, 0.29) is 17.9 Å². The SMILES string of the molecule is COC(=O)Cc1cc2nc(Nc3ccc(C(C)C)cc3)n([C@H]3C[C@@H](C)CC(C)(C)C3)c2cc1F. The van der Waals surface area contributed by atoms with Crippen molar-refractivity contribution in [3.63, 3.8) is 0 Å². The molecule has 1 fully saturated rings. The summed E-state index contributed by atoms with van der Waals surface area (Å²) in [6.45, 7) is 11.3. The number of rotatable bonds is 6. The van der Waals surface area contributed by atoms with Crippen molar-refractivity contribution >= 4 is 28.6 Å². The van der Waals surface area contributed by atoms with E-state index in [9.17, 15) is 4.79 Å². The molecule has 5 nitrogen and oxygen atoms in total. The van der Waals surface area contributed by atoms with Gasteiger partial charge in [-0.3, -0.25) is 4.79 Å². The summed E-state index contributed by atoms with van der Waals surface area (Å²) in [6.07, 6.45) is 3.07. The maximum absolute atomic E-state index is 15.1. The molecule has 34 heavy (non-hydrogen) atoms. The second kappa shape index (κ2) is 9.40. The summed E-state index contributed by atoms with van der Waals surface area (Å²) in [7, 11) is 1.31. The van der Waals surface area contributed by atoms with Crippen molar-refractivity contribution in [1.29, 1.82) is 0 Å². The highest BCUT2D eigenvalue weighted by Gasteiger charge is 2.35. The second-order valence-electron chi connectivity index (χ2n) is 11.0. The molecule has 1 heterocycles. The minimum Gasteiger partial charge on any atom is -0.469 e. The Hall–Kier alpha value is -2.89. The molecule has 1 saturated carbocycles. The molecule has 0 saturated heterocycles. The summed E-state index contributed by atoms with van der Waals surface area (Å²) >= 11 is 0. The maximum atomic E-state index is 15.1. The number of ether oxygens (including phenoxy) is 1. The number of imidazole rings is 1. The van der Waals surface area contributed by atoms with E-state index < -0.39 is 11.8 Å². The van der Waals surface area contributed by atoms with Crippen molar-refractivity contribution in [3.8, 4) is 0 Å². The molecule has 0 unspecified atom stereocenters. The summed E-state index contributed by atoms with van der Waals surface area (Å²) < 4.78 is 22.0. The number of nitrogens with one attached hydrogen (secondary N) is 1. The van der Waals surface area contributed by atoms with Gasteiger partial charge < -0.3 is 14.6 Å². The van der Waals surface area contributed by atoms with Gasteiger partial charge >= 0.3 is 5.97 Å². The molecule has 4 rings (SSSR count). The van der Waals surface area contributed by atoms with Crippen LogP contribution in [0.1, 0.15) is 77.0 Å². The van der Waals surface area contributed by atoms with Gasteiger partial charge in [-0.2, -0.15) is 0 Å². The van der Waals surface area contributed by atoms with Gasteiger partial charge in [0.05, 0.1) is 24.6 Å². The van der Waals surface area contributed by atoms with Gasteiger partial charge in [0.1, 0.15) is 5.82 Å². The third-order valence-electron chi connectivity index (χ3n) is 6.98. The molecule has 1 aliphatic carbocycles. The Morgan fingerprint density at radius 1 is 1.24 bits per heavy atom. The number of halogens is 1. The van der Waals surface area contributed by atoms with E-state index in [1.807, 2.05) is 0 Å². The van der Waals surface area contributed by atoms with Crippen LogP contribution in [0.15, 0.2) is 36.4 Å². The standard InChI is InChI=1S/C28H36FN3O2/c1-17(2)19-7-9-21(10-8-19)30-27-31-24-12-20(13-26(33)34-6)23(29)14-25(24)32(27)22-11-18(3)15-28(4,5)16-22/h7-10,12,14,17-18,22H,11,13,15-16H2,1-6H3,(H,30,31)/t18-,22+/m1/s1. The lowest BCUT2D eigenvalue weighted by Crippen LogP contribution is -2.29. The average Bonchev–Trinajstić information content (AvgIpc) is 3.09. The van der Waals surface area contributed by atoms with Gasteiger partial charge in [0.15, 0.2) is 0 Å². The molecule has 2 atom stereocenters. The number of anilines is 2. The van der Waals surface area contributed by atoms with Crippen LogP contribution in [0.25, 0.3) is 11.0 Å². The first kappa shape index (κ1) is 24.2. The van der Waals surface area contributed by atoms with Crippen molar-refractivity contribution in [2.45, 2.75) is 72.3 Å². The number of methoxy groups -OCH3 is 1. The van der Waals surface area contributed by atoms with Gasteiger partial charge in [-0.25, -0.2) is 9.37 Å². The van der Waals surface area contributed by atoms with Crippen LogP contribution in [0.4, 0.5) is 16.0 Å². The molecular formula is C28H36FN3O2. The zero-order chi connectivity index (χ0) is 24.6. The predicted molar refractivity (Wildman–Crippen MR) is 135 cm³/mol. The Morgan fingerprint density at radius 2 is 1.94 bits per heavy atom. The van der Waals surface area contributed by atoms with Crippen LogP contribution in [-0.2, 0) is 16.0 Å². The Labute approximate surface area is 201 Å². The van der Waals surface area contributed by atoms with Gasteiger partial charge in [-0.1, -0.05) is 46.8 Å². The third kappa shape index (κ3) is 5.11. The summed E-state index contributed by atoms with van der Waals surface area (Å²) in [5, 5.41) is 3.50. The normalized spacial score (nSPS) is 20.0. The largest absolute Gasteiger partial charge is 0.469 e. The number of esters is 1. The van der Waals surface area contributed by atoms with Gasteiger partial charge in [-0.05, 0) is 60.3 Å². The van der Waals surface area contributed by atoms with E-state index in [0.29, 0.717) is 28.9 Å². The number of nitrogens with zero attached hydrogens (tertiary/aromatic N) is 2. The molecule has 1 aromatic heterocycles. The number of hydrogen-bond acceptors (Lipinski definition) is 4. The molecule has 6 heteroatoms. The molecule has 0 amide bonds. The van der Waals surface area contributed by atoms with Crippen molar-refractivity contribution < 1.29 is 13.9 Å². The minimum absolute atomic E-state index is 0.113. The first-order valence-corrected chi connectivity index (χ1v) is 12.2. The lowest BCUT2D eigenvalue weighted by molar-refractivity contribution is -0.139. The minimum atomic E-state index is -0.468. The van der Waals surface area contributed by atoms with Gasteiger partial charge in [0.2, 0.25) is 5.95 Å². The van der Waals surface area contributed by atoms with Crippen molar-refractivity contribution in [2.24, 2.45) is 11.3 Å². The van der Waals surface area contributed by atoms with E-state index in [2.05, 4.69) is 68.8 Å². The van der Waals surface area contributed by atoms with Gasteiger partial charge in [0, 0.05) is 23.4 Å². The van der Waals surface area contributed by atoms with Crippen LogP contribution >= 0.6 is 0 Å². The zero-order valence-electron chi connectivity index (χ0n) is 21.1. The fourth-order valence-corrected chi connectivity index (χ4v) is 5.55. The molecule has 2 aromatic carbocycles. The molecule has 0 aliphatic heterocycles. The third-order valence-corrected chi connectivity index (χ3v) is 6.98. The monoisotopic (exact) mass is 465 g/mol. The highest BCUT2D eigenvalue weighted by Crippen LogP contribution is 2.46. The fraction of sp³-hybridized carbons (Fsp3) is 0.500. The second-order valence-corrected chi connectivity index (χ2v) is 11.0. The van der Waals surface area contributed by atoms with E-state index in [1.165, 1.54) is 25.2 Å². The molecular weight excluding hydrogens is 429 g/mol. The smallest absolute Gasteiger partial charge is 0.310 e. The summed E-state index contributed by atoms with van der Waals surface area (Å²) in [5.74, 6) is 0.851. The van der Waals surface area contributed by atoms with Crippen LogP contribution in [0.2, 0.25) is 0 Å². The summed E-state index contributed by atoms with van der Waals surface area (Å²) in [6, 6.07) is 11.8. The van der Waals surface area contributed by atoms with E-state index in [1.54, 1.807) is 6.07 Å². The van der Waals surface area contributed by atoms with Crippen molar-refractivity contribution in [1.82, 2.24) is 9.55 Å².